The van der Waals surface area contributed by atoms with Gasteiger partial charge in [-0.05, 0) is 24.3 Å². The highest BCUT2D eigenvalue weighted by molar-refractivity contribution is 6.05. The molecule has 0 atom stereocenters. The number of ether oxygens (including phenoxy) is 1. The molecule has 1 amide bonds. The zero-order chi connectivity index (χ0) is 21.2. The second kappa shape index (κ2) is 7.84. The van der Waals surface area contributed by atoms with Gasteiger partial charge in [0.2, 0.25) is 0 Å². The fraction of sp³-hybridized carbons (Fsp3) is 0.158. The first-order valence-corrected chi connectivity index (χ1v) is 8.49. The summed E-state index contributed by atoms with van der Waals surface area (Å²) in [4.78, 5) is 18.5. The number of hydrogen-bond acceptors (Lipinski definition) is 3. The summed E-state index contributed by atoms with van der Waals surface area (Å²) in [5.41, 5.74) is 10.8. The SMILES string of the molecule is CNC(N)=NC(=O)c1cc2c(C(F)(F)F)ccc(Oc3ccccc3CN)c2[nH]1. The maximum absolute atomic E-state index is 13.5. The number of guanidine groups is 1. The van der Waals surface area contributed by atoms with Gasteiger partial charge in [-0.15, -0.1) is 0 Å². The summed E-state index contributed by atoms with van der Waals surface area (Å²) < 4.78 is 46.2. The van der Waals surface area contributed by atoms with E-state index in [2.05, 4.69) is 15.3 Å². The number of carbonyl (C=O) groups is 1. The first kappa shape index (κ1) is 20.2. The summed E-state index contributed by atoms with van der Waals surface area (Å²) in [7, 11) is 1.46. The number of nitrogens with two attached hydrogens (primary N) is 2. The zero-order valence-corrected chi connectivity index (χ0v) is 15.3. The Bertz CT molecular complexity index is 1090. The van der Waals surface area contributed by atoms with Gasteiger partial charge in [0, 0.05) is 24.5 Å². The molecule has 152 valence electrons. The van der Waals surface area contributed by atoms with Gasteiger partial charge in [0.25, 0.3) is 5.91 Å². The second-order valence-corrected chi connectivity index (χ2v) is 6.05. The highest BCUT2D eigenvalue weighted by Crippen LogP contribution is 2.40. The van der Waals surface area contributed by atoms with Crippen molar-refractivity contribution in [2.75, 3.05) is 7.05 Å². The molecular weight excluding hydrogens is 387 g/mol. The number of hydrogen-bond donors (Lipinski definition) is 4. The molecular formula is C19H18F3N5O2. The van der Waals surface area contributed by atoms with E-state index in [9.17, 15) is 18.0 Å². The Labute approximate surface area is 163 Å². The lowest BCUT2D eigenvalue weighted by atomic mass is 10.1. The van der Waals surface area contributed by atoms with Crippen LogP contribution in [0.4, 0.5) is 13.2 Å². The summed E-state index contributed by atoms with van der Waals surface area (Å²) >= 11 is 0. The largest absolute Gasteiger partial charge is 0.455 e. The van der Waals surface area contributed by atoms with E-state index in [0.717, 1.165) is 12.1 Å². The maximum Gasteiger partial charge on any atom is 0.417 e. The molecule has 0 spiro atoms. The van der Waals surface area contributed by atoms with E-state index >= 15 is 0 Å². The fourth-order valence-electron chi connectivity index (χ4n) is 2.76. The van der Waals surface area contributed by atoms with Crippen molar-refractivity contribution >= 4 is 22.8 Å². The Morgan fingerprint density at radius 3 is 2.59 bits per heavy atom. The number of aromatic amines is 1. The van der Waals surface area contributed by atoms with Gasteiger partial charge in [-0.3, -0.25) is 4.79 Å². The van der Waals surface area contributed by atoms with Crippen molar-refractivity contribution in [1.29, 1.82) is 0 Å². The van der Waals surface area contributed by atoms with E-state index in [1.165, 1.54) is 13.1 Å². The van der Waals surface area contributed by atoms with Crippen LogP contribution in [0.3, 0.4) is 0 Å². The highest BCUT2D eigenvalue weighted by atomic mass is 19.4. The molecule has 0 aliphatic heterocycles. The minimum atomic E-state index is -4.62. The smallest absolute Gasteiger partial charge is 0.417 e. The average molecular weight is 405 g/mol. The summed E-state index contributed by atoms with van der Waals surface area (Å²) in [5, 5.41) is 2.25. The number of aliphatic imine (C=N–C) groups is 1. The lowest BCUT2D eigenvalue weighted by Gasteiger charge is -2.13. The van der Waals surface area contributed by atoms with Crippen LogP contribution in [0.5, 0.6) is 11.5 Å². The molecule has 6 N–H and O–H groups in total. The van der Waals surface area contributed by atoms with E-state index in [-0.39, 0.29) is 34.9 Å². The van der Waals surface area contributed by atoms with Gasteiger partial charge in [-0.25, -0.2) is 0 Å². The van der Waals surface area contributed by atoms with Crippen molar-refractivity contribution in [1.82, 2.24) is 10.3 Å². The number of fused-ring (bicyclic) bond motifs is 1. The van der Waals surface area contributed by atoms with Crippen LogP contribution in [0.2, 0.25) is 0 Å². The Kier molecular flexibility index (Phi) is 5.46. The summed E-state index contributed by atoms with van der Waals surface area (Å²) in [6, 6.07) is 10.1. The molecule has 29 heavy (non-hydrogen) atoms. The molecule has 1 heterocycles. The number of halogens is 3. The van der Waals surface area contributed by atoms with Gasteiger partial charge < -0.3 is 26.5 Å². The van der Waals surface area contributed by atoms with Gasteiger partial charge >= 0.3 is 6.18 Å². The van der Waals surface area contributed by atoms with Gasteiger partial charge in [-0.1, -0.05) is 18.2 Å². The molecule has 1 aromatic heterocycles. The predicted octanol–water partition coefficient (Wildman–Crippen LogP) is 3.11. The van der Waals surface area contributed by atoms with Crippen LogP contribution in [0.25, 0.3) is 10.9 Å². The number of benzene rings is 2. The van der Waals surface area contributed by atoms with Crippen LogP contribution in [-0.2, 0) is 12.7 Å². The topological polar surface area (TPSA) is 119 Å². The van der Waals surface area contributed by atoms with Crippen LogP contribution in [0.1, 0.15) is 21.6 Å². The van der Waals surface area contributed by atoms with Crippen molar-refractivity contribution in [3.63, 3.8) is 0 Å². The molecule has 0 unspecified atom stereocenters. The maximum atomic E-state index is 13.5. The van der Waals surface area contributed by atoms with Gasteiger partial charge in [-0.2, -0.15) is 18.2 Å². The number of alkyl halides is 3. The third-order valence-electron chi connectivity index (χ3n) is 4.18. The first-order valence-electron chi connectivity index (χ1n) is 8.49. The van der Waals surface area contributed by atoms with Crippen molar-refractivity contribution < 1.29 is 22.7 Å². The van der Waals surface area contributed by atoms with Crippen molar-refractivity contribution in [2.24, 2.45) is 16.5 Å². The molecule has 2 aromatic carbocycles. The number of amides is 1. The molecule has 7 nitrogen and oxygen atoms in total. The standard InChI is InChI=1S/C19H18F3N5O2/c1-25-18(24)27-17(28)13-8-11-12(19(20,21)22)6-7-15(16(11)26-13)29-14-5-3-2-4-10(14)9-23/h2-8,26H,9,23H2,1H3,(H3,24,25,27,28). The van der Waals surface area contributed by atoms with E-state index < -0.39 is 17.6 Å². The van der Waals surface area contributed by atoms with E-state index in [1.807, 2.05) is 0 Å². The van der Waals surface area contributed by atoms with Crippen LogP contribution >= 0.6 is 0 Å². The lowest BCUT2D eigenvalue weighted by molar-refractivity contribution is -0.136. The molecule has 0 saturated carbocycles. The number of nitrogens with one attached hydrogen (secondary N) is 2. The Morgan fingerprint density at radius 1 is 1.21 bits per heavy atom. The number of H-pyrrole nitrogens is 1. The molecule has 10 heteroatoms. The monoisotopic (exact) mass is 405 g/mol. The predicted molar refractivity (Wildman–Crippen MR) is 103 cm³/mol. The molecule has 3 rings (SSSR count). The van der Waals surface area contributed by atoms with Gasteiger partial charge in [0.05, 0.1) is 11.1 Å². The van der Waals surface area contributed by atoms with Crippen molar-refractivity contribution in [3.8, 4) is 11.5 Å². The Hall–Kier alpha value is -3.53. The highest BCUT2D eigenvalue weighted by Gasteiger charge is 2.34. The lowest BCUT2D eigenvalue weighted by Crippen LogP contribution is -2.28. The van der Waals surface area contributed by atoms with Crippen LogP contribution in [0.15, 0.2) is 47.5 Å². The molecule has 3 aromatic rings. The van der Waals surface area contributed by atoms with E-state index in [1.54, 1.807) is 24.3 Å². The summed E-state index contributed by atoms with van der Waals surface area (Å²) in [6.45, 7) is 0.187. The third-order valence-corrected chi connectivity index (χ3v) is 4.18. The zero-order valence-electron chi connectivity index (χ0n) is 15.3. The van der Waals surface area contributed by atoms with Crippen LogP contribution in [-0.4, -0.2) is 23.9 Å². The Balaban J connectivity index is 2.15. The molecule has 0 aliphatic rings. The number of aromatic nitrogens is 1. The molecule has 0 fully saturated rings. The fourth-order valence-corrected chi connectivity index (χ4v) is 2.76. The van der Waals surface area contributed by atoms with Gasteiger partial charge in [0.15, 0.2) is 11.7 Å². The number of carbonyl (C=O) groups excluding carboxylic acids is 1. The molecule has 0 aliphatic carbocycles. The van der Waals surface area contributed by atoms with E-state index in [0.29, 0.717) is 11.3 Å². The van der Waals surface area contributed by atoms with Crippen molar-refractivity contribution in [2.45, 2.75) is 12.7 Å². The quantitative estimate of drug-likeness (QED) is 0.393. The molecule has 0 radical (unpaired) electrons. The molecule has 0 saturated heterocycles. The number of nitrogens with zero attached hydrogens (tertiary/aromatic N) is 1. The number of rotatable bonds is 4. The summed E-state index contributed by atoms with van der Waals surface area (Å²) in [5.74, 6) is -0.484. The van der Waals surface area contributed by atoms with E-state index in [4.69, 9.17) is 16.2 Å². The molecule has 0 bridgehead atoms. The normalized spacial score (nSPS) is 12.2. The average Bonchev–Trinajstić information content (AvgIpc) is 3.13. The second-order valence-electron chi connectivity index (χ2n) is 6.05. The Morgan fingerprint density at radius 2 is 1.93 bits per heavy atom. The van der Waals surface area contributed by atoms with Crippen molar-refractivity contribution in [3.05, 3.63) is 59.3 Å². The van der Waals surface area contributed by atoms with Crippen LogP contribution in [0, 0.1) is 0 Å². The minimum Gasteiger partial charge on any atom is -0.455 e. The first-order chi connectivity index (χ1) is 13.7. The van der Waals surface area contributed by atoms with Gasteiger partial charge in [0.1, 0.15) is 11.4 Å². The number of para-hydroxylation sites is 1. The van der Waals surface area contributed by atoms with Crippen LogP contribution < -0.4 is 21.5 Å². The minimum absolute atomic E-state index is 0.00762. The summed E-state index contributed by atoms with van der Waals surface area (Å²) in [6.07, 6.45) is -4.62. The third kappa shape index (κ3) is 4.16.